The number of pyridine rings is 1. The van der Waals surface area contributed by atoms with Crippen LogP contribution in [0.1, 0.15) is 38.2 Å². The molecule has 1 N–H and O–H groups in total. The molecule has 0 spiro atoms. The van der Waals surface area contributed by atoms with Gasteiger partial charge in [0.1, 0.15) is 17.2 Å². The summed E-state index contributed by atoms with van der Waals surface area (Å²) in [5.74, 6) is 0.419. The Bertz CT molecular complexity index is 553. The van der Waals surface area contributed by atoms with Crippen LogP contribution < -0.4 is 0 Å². The van der Waals surface area contributed by atoms with Crippen molar-refractivity contribution in [2.75, 3.05) is 0 Å². The molecule has 1 atom stereocenters. The average molecular weight is 277 g/mol. The fourth-order valence-electron chi connectivity index (χ4n) is 2.26. The van der Waals surface area contributed by atoms with Gasteiger partial charge in [0.05, 0.1) is 11.9 Å². The van der Waals surface area contributed by atoms with Gasteiger partial charge in [-0.15, -0.1) is 0 Å². The van der Waals surface area contributed by atoms with E-state index >= 15 is 0 Å². The summed E-state index contributed by atoms with van der Waals surface area (Å²) in [5.41, 5.74) is -0.641. The first-order valence-corrected chi connectivity index (χ1v) is 6.93. The van der Waals surface area contributed by atoms with E-state index in [0.717, 1.165) is 25.0 Å². The van der Waals surface area contributed by atoms with Crippen LogP contribution in [0.5, 0.6) is 0 Å². The van der Waals surface area contributed by atoms with Crippen LogP contribution in [-0.4, -0.2) is 19.6 Å². The van der Waals surface area contributed by atoms with Gasteiger partial charge in [-0.3, -0.25) is 4.98 Å². The molecule has 0 aliphatic carbocycles. The molecule has 2 rings (SSSR count). The van der Waals surface area contributed by atoms with Gasteiger partial charge >= 0.3 is 0 Å². The van der Waals surface area contributed by atoms with E-state index in [-0.39, 0.29) is 0 Å². The topological polar surface area (TPSA) is 50.9 Å². The minimum atomic E-state index is -1.12. The largest absolute Gasteiger partial charge is 0.383 e. The maximum Gasteiger partial charge on any atom is 0.141 e. The lowest BCUT2D eigenvalue weighted by Crippen LogP contribution is -2.30. The van der Waals surface area contributed by atoms with Gasteiger partial charge < -0.3 is 9.67 Å². The Morgan fingerprint density at radius 1 is 1.30 bits per heavy atom. The summed E-state index contributed by atoms with van der Waals surface area (Å²) in [6.07, 6.45) is 6.64. The highest BCUT2D eigenvalue weighted by Gasteiger charge is 2.30. The number of aryl methyl sites for hydroxylation is 1. The van der Waals surface area contributed by atoms with Gasteiger partial charge in [-0.1, -0.05) is 13.8 Å². The van der Waals surface area contributed by atoms with Crippen LogP contribution in [-0.2, 0) is 18.6 Å². The van der Waals surface area contributed by atoms with E-state index in [1.54, 1.807) is 6.20 Å². The van der Waals surface area contributed by atoms with E-state index in [1.807, 2.05) is 17.7 Å². The van der Waals surface area contributed by atoms with Crippen molar-refractivity contribution in [3.63, 3.8) is 0 Å². The first-order valence-electron chi connectivity index (χ1n) is 6.93. The quantitative estimate of drug-likeness (QED) is 0.883. The molecule has 108 valence electrons. The number of rotatable bonds is 6. The lowest BCUT2D eigenvalue weighted by atomic mass is 9.91. The zero-order valence-corrected chi connectivity index (χ0v) is 11.9. The van der Waals surface area contributed by atoms with Crippen molar-refractivity contribution in [2.24, 2.45) is 0 Å². The SMILES string of the molecule is CCCn1ccnc1CC(O)(CC)c1ccc(F)cn1. The summed E-state index contributed by atoms with van der Waals surface area (Å²) in [6, 6.07) is 2.85. The standard InChI is InChI=1S/C15H20FN3O/c1-3-8-19-9-7-17-14(19)10-15(20,4-2)13-6-5-12(16)11-18-13/h5-7,9,11,20H,3-4,8,10H2,1-2H3. The maximum absolute atomic E-state index is 13.0. The van der Waals surface area contributed by atoms with Gasteiger partial charge in [0.25, 0.3) is 0 Å². The molecular weight excluding hydrogens is 257 g/mol. The zero-order valence-electron chi connectivity index (χ0n) is 11.9. The minimum Gasteiger partial charge on any atom is -0.383 e. The Morgan fingerprint density at radius 3 is 2.70 bits per heavy atom. The highest BCUT2D eigenvalue weighted by Crippen LogP contribution is 2.27. The van der Waals surface area contributed by atoms with E-state index in [1.165, 1.54) is 12.1 Å². The summed E-state index contributed by atoms with van der Waals surface area (Å²) in [5, 5.41) is 10.8. The number of hydrogen-bond donors (Lipinski definition) is 1. The van der Waals surface area contributed by atoms with Gasteiger partial charge in [0, 0.05) is 25.4 Å². The van der Waals surface area contributed by atoms with Crippen molar-refractivity contribution in [2.45, 2.75) is 45.3 Å². The first kappa shape index (κ1) is 14.7. The average Bonchev–Trinajstić information content (AvgIpc) is 2.87. The van der Waals surface area contributed by atoms with Crippen LogP contribution in [0.25, 0.3) is 0 Å². The molecule has 0 aromatic carbocycles. The molecule has 0 radical (unpaired) electrons. The molecule has 2 aromatic heterocycles. The maximum atomic E-state index is 13.0. The van der Waals surface area contributed by atoms with Gasteiger partial charge in [-0.25, -0.2) is 9.37 Å². The number of nitrogens with zero attached hydrogens (tertiary/aromatic N) is 3. The minimum absolute atomic E-state index is 0.370. The second-order valence-corrected chi connectivity index (χ2v) is 4.96. The monoisotopic (exact) mass is 277 g/mol. The summed E-state index contributed by atoms with van der Waals surface area (Å²) >= 11 is 0. The Morgan fingerprint density at radius 2 is 2.10 bits per heavy atom. The van der Waals surface area contributed by atoms with Gasteiger partial charge in [-0.05, 0) is 25.0 Å². The van der Waals surface area contributed by atoms with Crippen LogP contribution in [0, 0.1) is 5.82 Å². The summed E-state index contributed by atoms with van der Waals surface area (Å²) in [4.78, 5) is 8.33. The van der Waals surface area contributed by atoms with Crippen molar-refractivity contribution in [3.8, 4) is 0 Å². The molecule has 1 unspecified atom stereocenters. The third-order valence-corrected chi connectivity index (χ3v) is 3.51. The van der Waals surface area contributed by atoms with Crippen LogP contribution in [0.4, 0.5) is 4.39 Å². The molecule has 0 saturated heterocycles. The lowest BCUT2D eigenvalue weighted by Gasteiger charge is -2.26. The van der Waals surface area contributed by atoms with Crippen LogP contribution in [0.3, 0.4) is 0 Å². The molecule has 0 aliphatic rings. The van der Waals surface area contributed by atoms with E-state index < -0.39 is 11.4 Å². The summed E-state index contributed by atoms with van der Waals surface area (Å²) < 4.78 is 15.0. The van der Waals surface area contributed by atoms with Gasteiger partial charge in [0.15, 0.2) is 0 Å². The number of aliphatic hydroxyl groups is 1. The molecule has 2 aromatic rings. The van der Waals surface area contributed by atoms with E-state index in [4.69, 9.17) is 0 Å². The second kappa shape index (κ2) is 6.13. The van der Waals surface area contributed by atoms with Crippen molar-refractivity contribution >= 4 is 0 Å². The van der Waals surface area contributed by atoms with Crippen molar-refractivity contribution in [1.29, 1.82) is 0 Å². The molecule has 0 saturated carbocycles. The van der Waals surface area contributed by atoms with E-state index in [2.05, 4.69) is 16.9 Å². The van der Waals surface area contributed by atoms with Crippen molar-refractivity contribution < 1.29 is 9.50 Å². The molecule has 2 heterocycles. The highest BCUT2D eigenvalue weighted by atomic mass is 19.1. The summed E-state index contributed by atoms with van der Waals surface area (Å²) in [6.45, 7) is 4.85. The molecule has 0 bridgehead atoms. The molecule has 0 aliphatic heterocycles. The number of hydrogen-bond acceptors (Lipinski definition) is 3. The molecule has 20 heavy (non-hydrogen) atoms. The van der Waals surface area contributed by atoms with E-state index in [9.17, 15) is 9.50 Å². The highest BCUT2D eigenvalue weighted by molar-refractivity contribution is 5.16. The number of imidazole rings is 1. The Balaban J connectivity index is 2.26. The summed E-state index contributed by atoms with van der Waals surface area (Å²) in [7, 11) is 0. The Labute approximate surface area is 118 Å². The fourth-order valence-corrected chi connectivity index (χ4v) is 2.26. The van der Waals surface area contributed by atoms with Gasteiger partial charge in [0.2, 0.25) is 0 Å². The first-order chi connectivity index (χ1) is 9.59. The molecule has 5 heteroatoms. The smallest absolute Gasteiger partial charge is 0.141 e. The molecule has 4 nitrogen and oxygen atoms in total. The van der Waals surface area contributed by atoms with Crippen LogP contribution in [0.2, 0.25) is 0 Å². The Kier molecular flexibility index (Phi) is 4.49. The molecule has 0 amide bonds. The molecular formula is C15H20FN3O. The third kappa shape index (κ3) is 3.04. The van der Waals surface area contributed by atoms with Gasteiger partial charge in [-0.2, -0.15) is 0 Å². The third-order valence-electron chi connectivity index (χ3n) is 3.51. The lowest BCUT2D eigenvalue weighted by molar-refractivity contribution is 0.0254. The van der Waals surface area contributed by atoms with Crippen LogP contribution >= 0.6 is 0 Å². The zero-order chi connectivity index (χ0) is 14.6. The van der Waals surface area contributed by atoms with Crippen LogP contribution in [0.15, 0.2) is 30.7 Å². The fraction of sp³-hybridized carbons (Fsp3) is 0.467. The number of halogens is 1. The van der Waals surface area contributed by atoms with Crippen molar-refractivity contribution in [3.05, 3.63) is 48.1 Å². The number of aromatic nitrogens is 3. The van der Waals surface area contributed by atoms with Crippen molar-refractivity contribution in [1.82, 2.24) is 14.5 Å². The normalized spacial score (nSPS) is 14.2. The van der Waals surface area contributed by atoms with E-state index in [0.29, 0.717) is 18.5 Å². The second-order valence-electron chi connectivity index (χ2n) is 4.96. The molecule has 0 fully saturated rings. The predicted octanol–water partition coefficient (Wildman–Crippen LogP) is 2.67. The predicted molar refractivity (Wildman–Crippen MR) is 74.6 cm³/mol. The Hall–Kier alpha value is -1.75.